The molecular formula is C15H10BrF3O2. The van der Waals surface area contributed by atoms with Crippen molar-refractivity contribution in [1.29, 1.82) is 0 Å². The first-order chi connectivity index (χ1) is 9.82. The first kappa shape index (κ1) is 15.6. The topological polar surface area (TPSA) is 26.3 Å². The fourth-order valence-corrected chi connectivity index (χ4v) is 2.27. The minimum absolute atomic E-state index is 0.0575. The van der Waals surface area contributed by atoms with Crippen LogP contribution in [0.1, 0.15) is 15.9 Å². The molecule has 0 saturated heterocycles. The third kappa shape index (κ3) is 3.44. The van der Waals surface area contributed by atoms with Crippen LogP contribution in [0.3, 0.4) is 0 Å². The van der Waals surface area contributed by atoms with Crippen LogP contribution < -0.4 is 0 Å². The van der Waals surface area contributed by atoms with Gasteiger partial charge < -0.3 is 4.74 Å². The smallest absolute Gasteiger partial charge is 0.417 e. The van der Waals surface area contributed by atoms with Crippen LogP contribution in [0.5, 0.6) is 0 Å². The van der Waals surface area contributed by atoms with Crippen LogP contribution in [-0.4, -0.2) is 13.1 Å². The van der Waals surface area contributed by atoms with Gasteiger partial charge in [0.05, 0.1) is 18.2 Å². The molecule has 0 unspecified atom stereocenters. The molecule has 0 aromatic heterocycles. The zero-order valence-electron chi connectivity index (χ0n) is 10.9. The molecule has 0 fully saturated rings. The summed E-state index contributed by atoms with van der Waals surface area (Å²) < 4.78 is 44.1. The van der Waals surface area contributed by atoms with E-state index in [1.54, 1.807) is 6.07 Å². The first-order valence-electron chi connectivity index (χ1n) is 5.88. The third-order valence-corrected chi connectivity index (χ3v) is 3.40. The van der Waals surface area contributed by atoms with Crippen molar-refractivity contribution in [3.05, 3.63) is 58.1 Å². The van der Waals surface area contributed by atoms with E-state index in [-0.39, 0.29) is 11.1 Å². The van der Waals surface area contributed by atoms with Gasteiger partial charge in [-0.25, -0.2) is 4.79 Å². The lowest BCUT2D eigenvalue weighted by molar-refractivity contribution is -0.137. The summed E-state index contributed by atoms with van der Waals surface area (Å²) in [5.41, 5.74) is -0.0146. The molecule has 0 saturated carbocycles. The number of esters is 1. The Balaban J connectivity index is 2.50. The Bertz CT molecular complexity index is 664. The van der Waals surface area contributed by atoms with Crippen LogP contribution in [0.25, 0.3) is 11.1 Å². The summed E-state index contributed by atoms with van der Waals surface area (Å²) in [6.45, 7) is 0. The monoisotopic (exact) mass is 358 g/mol. The second-order valence-electron chi connectivity index (χ2n) is 4.26. The zero-order valence-corrected chi connectivity index (χ0v) is 12.5. The van der Waals surface area contributed by atoms with Crippen LogP contribution in [0.4, 0.5) is 13.2 Å². The molecule has 0 heterocycles. The number of alkyl halides is 3. The summed E-state index contributed by atoms with van der Waals surface area (Å²) in [6.07, 6.45) is -4.46. The zero-order chi connectivity index (χ0) is 15.6. The van der Waals surface area contributed by atoms with E-state index in [2.05, 4.69) is 20.7 Å². The standard InChI is InChI=1S/C15H10BrF3O2/c1-21-14(20)10-4-2-9(3-5-10)12-7-6-11(16)8-13(12)15(17,18)19/h2-8H,1H3. The van der Waals surface area contributed by atoms with Crippen LogP contribution in [-0.2, 0) is 10.9 Å². The molecule has 0 aliphatic heterocycles. The highest BCUT2D eigenvalue weighted by Gasteiger charge is 2.33. The van der Waals surface area contributed by atoms with E-state index >= 15 is 0 Å². The predicted octanol–water partition coefficient (Wildman–Crippen LogP) is 4.92. The Kier molecular flexibility index (Phi) is 4.37. The fourth-order valence-electron chi connectivity index (χ4n) is 1.91. The van der Waals surface area contributed by atoms with Crippen molar-refractivity contribution in [3.8, 4) is 11.1 Å². The second kappa shape index (κ2) is 5.89. The quantitative estimate of drug-likeness (QED) is 0.712. The first-order valence-corrected chi connectivity index (χ1v) is 6.67. The summed E-state index contributed by atoms with van der Waals surface area (Å²) >= 11 is 3.04. The SMILES string of the molecule is COC(=O)c1ccc(-c2ccc(Br)cc2C(F)(F)F)cc1. The maximum Gasteiger partial charge on any atom is 0.417 e. The van der Waals surface area contributed by atoms with Gasteiger partial charge in [0.1, 0.15) is 0 Å². The Morgan fingerprint density at radius 1 is 1.10 bits per heavy atom. The van der Waals surface area contributed by atoms with Crippen molar-refractivity contribution in [2.24, 2.45) is 0 Å². The number of methoxy groups -OCH3 is 1. The number of carbonyl (C=O) groups excluding carboxylic acids is 1. The van der Waals surface area contributed by atoms with Gasteiger partial charge in [0.15, 0.2) is 0 Å². The molecule has 2 nitrogen and oxygen atoms in total. The largest absolute Gasteiger partial charge is 0.465 e. The second-order valence-corrected chi connectivity index (χ2v) is 5.17. The van der Waals surface area contributed by atoms with Gasteiger partial charge in [-0.3, -0.25) is 0 Å². The normalized spacial score (nSPS) is 11.3. The van der Waals surface area contributed by atoms with E-state index in [9.17, 15) is 18.0 Å². The molecule has 0 aliphatic rings. The molecule has 2 aromatic rings. The number of benzene rings is 2. The van der Waals surface area contributed by atoms with Gasteiger partial charge in [0.25, 0.3) is 0 Å². The Morgan fingerprint density at radius 3 is 2.24 bits per heavy atom. The third-order valence-electron chi connectivity index (χ3n) is 2.90. The van der Waals surface area contributed by atoms with Crippen molar-refractivity contribution < 1.29 is 22.7 Å². The van der Waals surface area contributed by atoms with E-state index in [1.165, 1.54) is 37.4 Å². The molecule has 0 bridgehead atoms. The summed E-state index contributed by atoms with van der Waals surface area (Å²) in [5, 5.41) is 0. The highest BCUT2D eigenvalue weighted by atomic mass is 79.9. The van der Waals surface area contributed by atoms with E-state index in [0.29, 0.717) is 10.0 Å². The highest BCUT2D eigenvalue weighted by Crippen LogP contribution is 2.38. The molecule has 21 heavy (non-hydrogen) atoms. The van der Waals surface area contributed by atoms with E-state index < -0.39 is 17.7 Å². The number of hydrogen-bond donors (Lipinski definition) is 0. The maximum absolute atomic E-state index is 13.1. The van der Waals surface area contributed by atoms with Gasteiger partial charge in [-0.05, 0) is 35.4 Å². The fraction of sp³-hybridized carbons (Fsp3) is 0.133. The van der Waals surface area contributed by atoms with Crippen molar-refractivity contribution in [3.63, 3.8) is 0 Å². The van der Waals surface area contributed by atoms with Crippen LogP contribution in [0, 0.1) is 0 Å². The summed E-state index contributed by atoms with van der Waals surface area (Å²) in [5.74, 6) is -0.534. The molecule has 0 aliphatic carbocycles. The molecule has 110 valence electrons. The number of ether oxygens (including phenoxy) is 1. The lowest BCUT2D eigenvalue weighted by Crippen LogP contribution is -2.07. The molecule has 0 atom stereocenters. The van der Waals surface area contributed by atoms with Gasteiger partial charge in [0, 0.05) is 4.47 Å². The Morgan fingerprint density at radius 2 is 1.71 bits per heavy atom. The Hall–Kier alpha value is -1.82. The molecule has 0 spiro atoms. The lowest BCUT2D eigenvalue weighted by atomic mass is 9.98. The number of hydrogen-bond acceptors (Lipinski definition) is 2. The van der Waals surface area contributed by atoms with Crippen LogP contribution >= 0.6 is 15.9 Å². The van der Waals surface area contributed by atoms with Crippen molar-refractivity contribution in [2.75, 3.05) is 7.11 Å². The van der Waals surface area contributed by atoms with E-state index in [4.69, 9.17) is 0 Å². The van der Waals surface area contributed by atoms with Gasteiger partial charge in [0.2, 0.25) is 0 Å². The lowest BCUT2D eigenvalue weighted by Gasteiger charge is -2.13. The number of halogens is 4. The van der Waals surface area contributed by atoms with Crippen molar-refractivity contribution in [1.82, 2.24) is 0 Å². The summed E-state index contributed by atoms with van der Waals surface area (Å²) in [4.78, 5) is 11.3. The number of carbonyl (C=O) groups is 1. The molecular weight excluding hydrogens is 349 g/mol. The van der Waals surface area contributed by atoms with Crippen LogP contribution in [0.2, 0.25) is 0 Å². The average molecular weight is 359 g/mol. The summed E-state index contributed by atoms with van der Waals surface area (Å²) in [6, 6.07) is 9.75. The average Bonchev–Trinajstić information content (AvgIpc) is 2.45. The highest BCUT2D eigenvalue weighted by molar-refractivity contribution is 9.10. The number of rotatable bonds is 2. The van der Waals surface area contributed by atoms with Gasteiger partial charge >= 0.3 is 12.1 Å². The molecule has 0 N–H and O–H groups in total. The maximum atomic E-state index is 13.1. The minimum Gasteiger partial charge on any atom is -0.465 e. The molecule has 0 radical (unpaired) electrons. The Labute approximate surface area is 127 Å². The predicted molar refractivity (Wildman–Crippen MR) is 75.9 cm³/mol. The minimum atomic E-state index is -4.46. The van der Waals surface area contributed by atoms with E-state index in [0.717, 1.165) is 6.07 Å². The van der Waals surface area contributed by atoms with Gasteiger partial charge in [-0.2, -0.15) is 13.2 Å². The molecule has 6 heteroatoms. The van der Waals surface area contributed by atoms with E-state index in [1.807, 2.05) is 0 Å². The van der Waals surface area contributed by atoms with Crippen LogP contribution in [0.15, 0.2) is 46.9 Å². The molecule has 2 aromatic carbocycles. The van der Waals surface area contributed by atoms with Crippen molar-refractivity contribution in [2.45, 2.75) is 6.18 Å². The van der Waals surface area contributed by atoms with Gasteiger partial charge in [-0.1, -0.05) is 34.1 Å². The molecule has 2 rings (SSSR count). The van der Waals surface area contributed by atoms with Crippen molar-refractivity contribution >= 4 is 21.9 Å². The molecule has 0 amide bonds. The van der Waals surface area contributed by atoms with Gasteiger partial charge in [-0.15, -0.1) is 0 Å². The summed E-state index contributed by atoms with van der Waals surface area (Å²) in [7, 11) is 1.24.